The third-order valence-corrected chi connectivity index (χ3v) is 6.58. The molecule has 1 aromatic heterocycles. The Labute approximate surface area is 156 Å². The lowest BCUT2D eigenvalue weighted by molar-refractivity contribution is 0.148. The van der Waals surface area contributed by atoms with Gasteiger partial charge < -0.3 is 4.90 Å². The molecule has 1 aliphatic heterocycles. The average Bonchev–Trinajstić information content (AvgIpc) is 2.64. The molecule has 26 heavy (non-hydrogen) atoms. The molecule has 0 bridgehead atoms. The van der Waals surface area contributed by atoms with Gasteiger partial charge in [-0.25, -0.2) is 12.7 Å². The zero-order chi connectivity index (χ0) is 18.7. The molecule has 0 saturated carbocycles. The molecule has 1 aromatic carbocycles. The summed E-state index contributed by atoms with van der Waals surface area (Å²) in [7, 11) is 1.82. The Morgan fingerprint density at radius 1 is 1.00 bits per heavy atom. The van der Waals surface area contributed by atoms with Crippen LogP contribution < -0.4 is 0 Å². The monoisotopic (exact) mass is 374 g/mol. The van der Waals surface area contributed by atoms with Crippen LogP contribution in [0.15, 0.2) is 47.5 Å². The Kier molecular flexibility index (Phi) is 5.72. The lowest BCUT2D eigenvalue weighted by Gasteiger charge is -2.32. The molecule has 0 amide bonds. The molecular formula is C19H26N4O2S. The van der Waals surface area contributed by atoms with Crippen LogP contribution in [0.3, 0.4) is 0 Å². The van der Waals surface area contributed by atoms with E-state index in [0.29, 0.717) is 0 Å². The number of piperazine rings is 1. The van der Waals surface area contributed by atoms with Gasteiger partial charge in [-0.15, -0.1) is 0 Å². The molecular weight excluding hydrogens is 348 g/mol. The number of nitrogens with zero attached hydrogens (tertiary/aromatic N) is 4. The highest BCUT2D eigenvalue weighted by Crippen LogP contribution is 2.21. The minimum atomic E-state index is -3.40. The number of rotatable bonds is 5. The van der Waals surface area contributed by atoms with Crippen LogP contribution in [0.4, 0.5) is 0 Å². The average molecular weight is 375 g/mol. The van der Waals surface area contributed by atoms with E-state index in [-0.39, 0.29) is 4.90 Å². The highest BCUT2D eigenvalue weighted by molar-refractivity contribution is 7.89. The van der Waals surface area contributed by atoms with Gasteiger partial charge in [0.05, 0.1) is 10.6 Å². The maximum atomic E-state index is 12.1. The SMILES string of the molecule is CN1CCN(Cc2ccc(-c3ccc(S(=O)(=O)N(C)C)cc3)nc2)CC1. The predicted molar refractivity (Wildman–Crippen MR) is 103 cm³/mol. The first-order valence-corrected chi connectivity index (χ1v) is 10.2. The first-order valence-electron chi connectivity index (χ1n) is 8.75. The summed E-state index contributed by atoms with van der Waals surface area (Å²) in [6.45, 7) is 5.29. The number of benzene rings is 1. The van der Waals surface area contributed by atoms with Crippen LogP contribution >= 0.6 is 0 Å². The summed E-state index contributed by atoms with van der Waals surface area (Å²) < 4.78 is 25.5. The number of sulfonamides is 1. The number of likely N-dealkylation sites (N-methyl/N-ethyl adjacent to an activating group) is 1. The third-order valence-electron chi connectivity index (χ3n) is 4.76. The van der Waals surface area contributed by atoms with Crippen LogP contribution in [0.5, 0.6) is 0 Å². The van der Waals surface area contributed by atoms with Gasteiger partial charge in [0.25, 0.3) is 0 Å². The van der Waals surface area contributed by atoms with Gasteiger partial charge in [-0.1, -0.05) is 18.2 Å². The first-order chi connectivity index (χ1) is 12.4. The minimum absolute atomic E-state index is 0.290. The van der Waals surface area contributed by atoms with Crippen molar-refractivity contribution in [2.75, 3.05) is 47.3 Å². The van der Waals surface area contributed by atoms with E-state index in [9.17, 15) is 8.42 Å². The molecule has 0 N–H and O–H groups in total. The molecule has 0 spiro atoms. The summed E-state index contributed by atoms with van der Waals surface area (Å²) in [5.41, 5.74) is 2.96. The highest BCUT2D eigenvalue weighted by Gasteiger charge is 2.17. The van der Waals surface area contributed by atoms with Crippen molar-refractivity contribution in [1.29, 1.82) is 0 Å². The van der Waals surface area contributed by atoms with Crippen molar-refractivity contribution in [2.24, 2.45) is 0 Å². The molecule has 6 nitrogen and oxygen atoms in total. The van der Waals surface area contributed by atoms with Crippen molar-refractivity contribution in [1.82, 2.24) is 19.1 Å². The quantitative estimate of drug-likeness (QED) is 0.798. The van der Waals surface area contributed by atoms with Gasteiger partial charge >= 0.3 is 0 Å². The largest absolute Gasteiger partial charge is 0.304 e. The van der Waals surface area contributed by atoms with Gasteiger partial charge in [-0.05, 0) is 30.8 Å². The van der Waals surface area contributed by atoms with Crippen LogP contribution in [0.2, 0.25) is 0 Å². The molecule has 2 heterocycles. The number of hydrogen-bond donors (Lipinski definition) is 0. The fraction of sp³-hybridized carbons (Fsp3) is 0.421. The summed E-state index contributed by atoms with van der Waals surface area (Å²) in [6, 6.07) is 11.0. The van der Waals surface area contributed by atoms with Crippen LogP contribution in [0, 0.1) is 0 Å². The topological polar surface area (TPSA) is 56.8 Å². The second-order valence-electron chi connectivity index (χ2n) is 6.94. The van der Waals surface area contributed by atoms with Gasteiger partial charge in [0.15, 0.2) is 0 Å². The van der Waals surface area contributed by atoms with E-state index in [2.05, 4.69) is 27.9 Å². The molecule has 1 fully saturated rings. The number of pyridine rings is 1. The molecule has 0 radical (unpaired) electrons. The molecule has 0 unspecified atom stereocenters. The Bertz CT molecular complexity index is 825. The Balaban J connectivity index is 1.69. The first kappa shape index (κ1) is 19.0. The van der Waals surface area contributed by atoms with Crippen LogP contribution in [0.1, 0.15) is 5.56 Å². The fourth-order valence-corrected chi connectivity index (χ4v) is 3.86. The van der Waals surface area contributed by atoms with Crippen LogP contribution in [0.25, 0.3) is 11.3 Å². The summed E-state index contributed by atoms with van der Waals surface area (Å²) >= 11 is 0. The zero-order valence-corrected chi connectivity index (χ0v) is 16.4. The van der Waals surface area contributed by atoms with Crippen molar-refractivity contribution < 1.29 is 8.42 Å². The molecule has 140 valence electrons. The molecule has 3 rings (SSSR count). The lowest BCUT2D eigenvalue weighted by atomic mass is 10.1. The predicted octanol–water partition coefficient (Wildman–Crippen LogP) is 1.75. The maximum absolute atomic E-state index is 12.1. The van der Waals surface area contributed by atoms with Crippen molar-refractivity contribution in [3.63, 3.8) is 0 Å². The van der Waals surface area contributed by atoms with E-state index >= 15 is 0 Å². The second kappa shape index (κ2) is 7.84. The molecule has 0 atom stereocenters. The molecule has 1 saturated heterocycles. The zero-order valence-electron chi connectivity index (χ0n) is 15.6. The van der Waals surface area contributed by atoms with Crippen LogP contribution in [-0.2, 0) is 16.6 Å². The van der Waals surface area contributed by atoms with E-state index in [1.165, 1.54) is 24.0 Å². The molecule has 0 aliphatic carbocycles. The van der Waals surface area contributed by atoms with E-state index < -0.39 is 10.0 Å². The number of aromatic nitrogens is 1. The summed E-state index contributed by atoms with van der Waals surface area (Å²) in [6.07, 6.45) is 1.91. The standard InChI is InChI=1S/C19H26N4O2S/c1-21(2)26(24,25)18-7-5-17(6-8-18)19-9-4-16(14-20-19)15-23-12-10-22(3)11-13-23/h4-9,14H,10-13,15H2,1-3H3. The van der Waals surface area contributed by atoms with Gasteiger partial charge in [0.1, 0.15) is 0 Å². The van der Waals surface area contributed by atoms with Gasteiger partial charge in [-0.3, -0.25) is 9.88 Å². The van der Waals surface area contributed by atoms with Gasteiger partial charge in [0.2, 0.25) is 10.0 Å². The highest BCUT2D eigenvalue weighted by atomic mass is 32.2. The molecule has 1 aliphatic rings. The lowest BCUT2D eigenvalue weighted by Crippen LogP contribution is -2.43. The molecule has 2 aromatic rings. The maximum Gasteiger partial charge on any atom is 0.242 e. The Morgan fingerprint density at radius 3 is 2.19 bits per heavy atom. The van der Waals surface area contributed by atoms with Gasteiger partial charge in [0, 0.05) is 58.6 Å². The van der Waals surface area contributed by atoms with Gasteiger partial charge in [-0.2, -0.15) is 0 Å². The van der Waals surface area contributed by atoms with Crippen molar-refractivity contribution in [2.45, 2.75) is 11.4 Å². The van der Waals surface area contributed by atoms with Crippen molar-refractivity contribution in [3.8, 4) is 11.3 Å². The van der Waals surface area contributed by atoms with Crippen LogP contribution in [-0.4, -0.2) is 74.8 Å². The summed E-state index contributed by atoms with van der Waals surface area (Å²) in [5, 5.41) is 0. The third kappa shape index (κ3) is 4.29. The Morgan fingerprint density at radius 2 is 1.65 bits per heavy atom. The fourth-order valence-electron chi connectivity index (χ4n) is 2.96. The normalized spacial score (nSPS) is 16.9. The van der Waals surface area contributed by atoms with E-state index in [4.69, 9.17) is 0 Å². The second-order valence-corrected chi connectivity index (χ2v) is 9.09. The molecule has 7 heteroatoms. The van der Waals surface area contributed by atoms with E-state index in [0.717, 1.165) is 44.0 Å². The Hall–Kier alpha value is -1.80. The summed E-state index contributed by atoms with van der Waals surface area (Å²) in [4.78, 5) is 9.64. The van der Waals surface area contributed by atoms with E-state index in [1.54, 1.807) is 24.3 Å². The minimum Gasteiger partial charge on any atom is -0.304 e. The van der Waals surface area contributed by atoms with E-state index in [1.807, 2.05) is 12.3 Å². The van der Waals surface area contributed by atoms with Crippen molar-refractivity contribution in [3.05, 3.63) is 48.2 Å². The summed E-state index contributed by atoms with van der Waals surface area (Å²) in [5.74, 6) is 0. The smallest absolute Gasteiger partial charge is 0.242 e. The van der Waals surface area contributed by atoms with Crippen molar-refractivity contribution >= 4 is 10.0 Å². The number of hydrogen-bond acceptors (Lipinski definition) is 5.